The van der Waals surface area contributed by atoms with E-state index >= 15 is 0 Å². The van der Waals surface area contributed by atoms with Gasteiger partial charge in [0.15, 0.2) is 0 Å². The predicted octanol–water partition coefficient (Wildman–Crippen LogP) is 4.18. The van der Waals surface area contributed by atoms with Gasteiger partial charge in [-0.05, 0) is 36.8 Å². The summed E-state index contributed by atoms with van der Waals surface area (Å²) in [6.07, 6.45) is 0.679. The van der Waals surface area contributed by atoms with Gasteiger partial charge in [-0.1, -0.05) is 25.1 Å². The van der Waals surface area contributed by atoms with Gasteiger partial charge >= 0.3 is 6.61 Å². The maximum absolute atomic E-state index is 12.4. The Morgan fingerprint density at radius 3 is 2.38 bits per heavy atom. The third kappa shape index (κ3) is 4.44. The summed E-state index contributed by atoms with van der Waals surface area (Å²) in [5.41, 5.74) is 1.25. The monoisotopic (exact) mass is 335 g/mol. The van der Waals surface area contributed by atoms with Crippen LogP contribution in [0.2, 0.25) is 0 Å². The first kappa shape index (κ1) is 17.7. The van der Waals surface area contributed by atoms with E-state index < -0.39 is 6.61 Å². The lowest BCUT2D eigenvalue weighted by Gasteiger charge is -2.20. The highest BCUT2D eigenvalue weighted by Gasteiger charge is 2.17. The lowest BCUT2D eigenvalue weighted by molar-refractivity contribution is -0.0498. The van der Waals surface area contributed by atoms with Crippen molar-refractivity contribution >= 4 is 5.91 Å². The van der Waals surface area contributed by atoms with Crippen molar-refractivity contribution in [2.24, 2.45) is 0 Å². The minimum absolute atomic E-state index is 0.0123. The maximum atomic E-state index is 12.4. The van der Waals surface area contributed by atoms with Gasteiger partial charge in [0.25, 0.3) is 5.91 Å². The van der Waals surface area contributed by atoms with E-state index in [-0.39, 0.29) is 17.7 Å². The number of para-hydroxylation sites is 1. The molecule has 1 unspecified atom stereocenters. The Kier molecular flexibility index (Phi) is 6.12. The average molecular weight is 335 g/mol. The zero-order valence-electron chi connectivity index (χ0n) is 13.5. The zero-order chi connectivity index (χ0) is 17.5. The summed E-state index contributed by atoms with van der Waals surface area (Å²) < 4.78 is 33.9. The van der Waals surface area contributed by atoms with Crippen LogP contribution in [0.5, 0.6) is 11.5 Å². The molecule has 128 valence electrons. The van der Waals surface area contributed by atoms with Crippen molar-refractivity contribution < 1.29 is 23.0 Å². The molecule has 1 atom stereocenters. The molecular weight excluding hydrogens is 316 g/mol. The molecule has 0 saturated carbocycles. The third-order valence-electron chi connectivity index (χ3n) is 3.57. The number of carbonyl (C=O) groups is 1. The molecule has 4 nitrogen and oxygen atoms in total. The zero-order valence-corrected chi connectivity index (χ0v) is 13.5. The molecule has 2 aromatic carbocycles. The van der Waals surface area contributed by atoms with E-state index in [1.54, 1.807) is 7.11 Å². The first-order chi connectivity index (χ1) is 11.5. The Bertz CT molecular complexity index is 674. The normalized spacial score (nSPS) is 11.9. The van der Waals surface area contributed by atoms with Crippen molar-refractivity contribution in [3.05, 3.63) is 59.7 Å². The number of amides is 1. The van der Waals surface area contributed by atoms with Gasteiger partial charge < -0.3 is 14.8 Å². The summed E-state index contributed by atoms with van der Waals surface area (Å²) in [6.45, 7) is -0.934. The topological polar surface area (TPSA) is 47.6 Å². The minimum atomic E-state index is -2.89. The van der Waals surface area contributed by atoms with Gasteiger partial charge in [-0.15, -0.1) is 0 Å². The summed E-state index contributed by atoms with van der Waals surface area (Å²) >= 11 is 0. The Morgan fingerprint density at radius 2 is 1.79 bits per heavy atom. The number of nitrogens with one attached hydrogen (secondary N) is 1. The molecule has 1 N–H and O–H groups in total. The number of hydrogen-bond acceptors (Lipinski definition) is 3. The number of methoxy groups -OCH3 is 1. The number of carbonyl (C=O) groups excluding carboxylic acids is 1. The third-order valence-corrected chi connectivity index (χ3v) is 3.57. The van der Waals surface area contributed by atoms with Gasteiger partial charge in [-0.3, -0.25) is 4.79 Å². The van der Waals surface area contributed by atoms with Crippen LogP contribution in [0.15, 0.2) is 48.5 Å². The SMILES string of the molecule is CCC(NC(=O)c1ccc(OC(F)F)cc1)c1ccccc1OC. The summed E-state index contributed by atoms with van der Waals surface area (Å²) in [6, 6.07) is 12.8. The lowest BCUT2D eigenvalue weighted by Crippen LogP contribution is -2.28. The van der Waals surface area contributed by atoms with Crippen molar-refractivity contribution in [3.63, 3.8) is 0 Å². The largest absolute Gasteiger partial charge is 0.496 e. The van der Waals surface area contributed by atoms with Gasteiger partial charge in [-0.25, -0.2) is 0 Å². The Balaban J connectivity index is 2.11. The molecule has 0 fully saturated rings. The van der Waals surface area contributed by atoms with Gasteiger partial charge in [-0.2, -0.15) is 8.78 Å². The molecule has 24 heavy (non-hydrogen) atoms. The van der Waals surface area contributed by atoms with E-state index in [0.717, 1.165) is 5.56 Å². The van der Waals surface area contributed by atoms with Crippen LogP contribution in [0.3, 0.4) is 0 Å². The second-order valence-corrected chi connectivity index (χ2v) is 5.08. The van der Waals surface area contributed by atoms with Crippen molar-refractivity contribution in [2.45, 2.75) is 26.0 Å². The smallest absolute Gasteiger partial charge is 0.387 e. The second kappa shape index (κ2) is 8.29. The van der Waals surface area contributed by atoms with Crippen LogP contribution in [0, 0.1) is 0 Å². The van der Waals surface area contributed by atoms with Crippen LogP contribution in [-0.2, 0) is 0 Å². The highest BCUT2D eigenvalue weighted by molar-refractivity contribution is 5.94. The van der Waals surface area contributed by atoms with Gasteiger partial charge in [0.05, 0.1) is 13.2 Å². The molecule has 0 aromatic heterocycles. The van der Waals surface area contributed by atoms with E-state index in [1.807, 2.05) is 31.2 Å². The fourth-order valence-electron chi connectivity index (χ4n) is 2.38. The van der Waals surface area contributed by atoms with Crippen LogP contribution in [0.4, 0.5) is 8.78 Å². The van der Waals surface area contributed by atoms with E-state index in [9.17, 15) is 13.6 Å². The van der Waals surface area contributed by atoms with Crippen LogP contribution in [-0.4, -0.2) is 19.6 Å². The minimum Gasteiger partial charge on any atom is -0.496 e. The molecule has 0 aliphatic rings. The fourth-order valence-corrected chi connectivity index (χ4v) is 2.38. The van der Waals surface area contributed by atoms with Crippen molar-refractivity contribution in [3.8, 4) is 11.5 Å². The van der Waals surface area contributed by atoms with Crippen LogP contribution < -0.4 is 14.8 Å². The standard InChI is InChI=1S/C18H19F2NO3/c1-3-15(14-6-4-5-7-16(14)23-2)21-17(22)12-8-10-13(11-9-12)24-18(19)20/h4-11,15,18H,3H2,1-2H3,(H,21,22). The maximum Gasteiger partial charge on any atom is 0.387 e. The summed E-state index contributed by atoms with van der Waals surface area (Å²) in [5.74, 6) is 0.417. The molecule has 0 radical (unpaired) electrons. The Hall–Kier alpha value is -2.63. The first-order valence-corrected chi connectivity index (χ1v) is 7.53. The molecule has 2 rings (SSSR count). The highest BCUT2D eigenvalue weighted by Crippen LogP contribution is 2.27. The van der Waals surface area contributed by atoms with E-state index in [0.29, 0.717) is 17.7 Å². The van der Waals surface area contributed by atoms with Gasteiger partial charge in [0, 0.05) is 11.1 Å². The van der Waals surface area contributed by atoms with E-state index in [1.165, 1.54) is 24.3 Å². The summed E-state index contributed by atoms with van der Waals surface area (Å²) in [5, 5.41) is 2.93. The van der Waals surface area contributed by atoms with Gasteiger partial charge in [0.1, 0.15) is 11.5 Å². The molecular formula is C18H19F2NO3. The van der Waals surface area contributed by atoms with Crippen LogP contribution >= 0.6 is 0 Å². The number of alkyl halides is 2. The second-order valence-electron chi connectivity index (χ2n) is 5.08. The van der Waals surface area contributed by atoms with Crippen LogP contribution in [0.25, 0.3) is 0 Å². The molecule has 2 aromatic rings. The van der Waals surface area contributed by atoms with Crippen LogP contribution in [0.1, 0.15) is 35.3 Å². The van der Waals surface area contributed by atoms with Crippen molar-refractivity contribution in [1.29, 1.82) is 0 Å². The Labute approximate surface area is 139 Å². The predicted molar refractivity (Wildman–Crippen MR) is 86.6 cm³/mol. The van der Waals surface area contributed by atoms with Gasteiger partial charge in [0.2, 0.25) is 0 Å². The average Bonchev–Trinajstić information content (AvgIpc) is 2.59. The molecule has 1 amide bonds. The lowest BCUT2D eigenvalue weighted by atomic mass is 10.0. The molecule has 6 heteroatoms. The Morgan fingerprint density at radius 1 is 1.12 bits per heavy atom. The molecule has 0 spiro atoms. The quantitative estimate of drug-likeness (QED) is 0.826. The number of ether oxygens (including phenoxy) is 2. The van der Waals surface area contributed by atoms with Crippen molar-refractivity contribution in [1.82, 2.24) is 5.32 Å². The molecule has 0 heterocycles. The number of halogens is 2. The number of rotatable bonds is 7. The van der Waals surface area contributed by atoms with E-state index in [2.05, 4.69) is 10.1 Å². The summed E-state index contributed by atoms with van der Waals surface area (Å²) in [7, 11) is 1.58. The van der Waals surface area contributed by atoms with E-state index in [4.69, 9.17) is 4.74 Å². The molecule has 0 aliphatic carbocycles. The molecule has 0 saturated heterocycles. The fraction of sp³-hybridized carbons (Fsp3) is 0.278. The molecule has 0 bridgehead atoms. The number of hydrogen-bond donors (Lipinski definition) is 1. The number of benzene rings is 2. The first-order valence-electron chi connectivity index (χ1n) is 7.53. The van der Waals surface area contributed by atoms with Crippen molar-refractivity contribution in [2.75, 3.05) is 7.11 Å². The highest BCUT2D eigenvalue weighted by atomic mass is 19.3. The summed E-state index contributed by atoms with van der Waals surface area (Å²) in [4.78, 5) is 12.4. The molecule has 0 aliphatic heterocycles.